The van der Waals surface area contributed by atoms with E-state index in [1.165, 1.54) is 0 Å². The number of amides is 1. The number of ether oxygens (including phenoxy) is 3. The summed E-state index contributed by atoms with van der Waals surface area (Å²) in [7, 11) is 3.16. The first-order valence-electron chi connectivity index (χ1n) is 7.52. The van der Waals surface area contributed by atoms with Gasteiger partial charge in [-0.05, 0) is 48.9 Å². The number of carbonyl (C=O) groups is 1. The molecule has 0 atom stereocenters. The summed E-state index contributed by atoms with van der Waals surface area (Å²) in [6.07, 6.45) is 0.974. The molecule has 0 fully saturated rings. The molecule has 2 aromatic rings. The molecule has 0 bridgehead atoms. The van der Waals surface area contributed by atoms with Crippen molar-refractivity contribution in [2.24, 2.45) is 0 Å². The molecule has 128 valence electrons. The Morgan fingerprint density at radius 1 is 1.04 bits per heavy atom. The van der Waals surface area contributed by atoms with Gasteiger partial charge in [0.2, 0.25) is 5.91 Å². The second kappa shape index (κ2) is 9.03. The van der Waals surface area contributed by atoms with Crippen molar-refractivity contribution in [2.75, 3.05) is 26.1 Å². The molecule has 2 rings (SSSR count). The van der Waals surface area contributed by atoms with Crippen LogP contribution in [0.3, 0.4) is 0 Å². The predicted octanol–water partition coefficient (Wildman–Crippen LogP) is 4.15. The van der Waals surface area contributed by atoms with E-state index in [0.29, 0.717) is 35.9 Å². The van der Waals surface area contributed by atoms with Gasteiger partial charge in [0.05, 0.1) is 25.8 Å². The number of benzene rings is 2. The Balaban J connectivity index is 1.72. The Bertz CT molecular complexity index is 673. The van der Waals surface area contributed by atoms with E-state index in [-0.39, 0.29) is 5.91 Å². The zero-order valence-corrected chi connectivity index (χ0v) is 14.4. The number of halogens is 1. The smallest absolute Gasteiger partial charge is 0.224 e. The minimum absolute atomic E-state index is 0.0884. The van der Waals surface area contributed by atoms with Gasteiger partial charge in [0.15, 0.2) is 0 Å². The molecule has 6 heteroatoms. The number of anilines is 1. The fourth-order valence-electron chi connectivity index (χ4n) is 2.06. The fourth-order valence-corrected chi connectivity index (χ4v) is 2.32. The van der Waals surface area contributed by atoms with E-state index in [9.17, 15) is 4.79 Å². The van der Waals surface area contributed by atoms with Gasteiger partial charge in [-0.25, -0.2) is 0 Å². The van der Waals surface area contributed by atoms with Gasteiger partial charge in [-0.2, -0.15) is 0 Å². The molecule has 0 radical (unpaired) electrons. The number of carbonyl (C=O) groups excluding carboxylic acids is 1. The van der Waals surface area contributed by atoms with E-state index in [4.69, 9.17) is 25.8 Å². The molecule has 0 aliphatic heterocycles. The average molecular weight is 350 g/mol. The molecule has 0 heterocycles. The van der Waals surface area contributed by atoms with Crippen molar-refractivity contribution in [3.63, 3.8) is 0 Å². The van der Waals surface area contributed by atoms with Gasteiger partial charge in [0.1, 0.15) is 17.2 Å². The summed E-state index contributed by atoms with van der Waals surface area (Å²) >= 11 is 6.02. The van der Waals surface area contributed by atoms with Crippen LogP contribution in [-0.4, -0.2) is 26.7 Å². The highest BCUT2D eigenvalue weighted by Gasteiger charge is 2.06. The molecule has 0 unspecified atom stereocenters. The Morgan fingerprint density at radius 2 is 1.75 bits per heavy atom. The third kappa shape index (κ3) is 5.35. The van der Waals surface area contributed by atoms with E-state index in [1.807, 2.05) is 24.3 Å². The van der Waals surface area contributed by atoms with Crippen LogP contribution in [0.2, 0.25) is 5.02 Å². The van der Waals surface area contributed by atoms with Crippen molar-refractivity contribution in [1.82, 2.24) is 0 Å². The van der Waals surface area contributed by atoms with E-state index >= 15 is 0 Å². The predicted molar refractivity (Wildman–Crippen MR) is 94.4 cm³/mol. The third-order valence-electron chi connectivity index (χ3n) is 3.31. The van der Waals surface area contributed by atoms with Crippen LogP contribution >= 0.6 is 11.6 Å². The molecular formula is C18H20ClNO4. The van der Waals surface area contributed by atoms with Gasteiger partial charge < -0.3 is 19.5 Å². The number of rotatable bonds is 8. The van der Waals surface area contributed by atoms with Crippen LogP contribution in [0.1, 0.15) is 12.8 Å². The summed E-state index contributed by atoms with van der Waals surface area (Å²) in [5, 5.41) is 3.25. The Labute approximate surface area is 146 Å². The summed E-state index contributed by atoms with van der Waals surface area (Å²) in [5.74, 6) is 2.01. The third-order valence-corrected chi connectivity index (χ3v) is 3.61. The maximum atomic E-state index is 11.9. The quantitative estimate of drug-likeness (QED) is 0.727. The number of methoxy groups -OCH3 is 2. The summed E-state index contributed by atoms with van der Waals surface area (Å²) in [6, 6.07) is 12.4. The van der Waals surface area contributed by atoms with Crippen LogP contribution in [0, 0.1) is 0 Å². The normalized spacial score (nSPS) is 10.1. The van der Waals surface area contributed by atoms with Crippen LogP contribution in [0.5, 0.6) is 17.2 Å². The zero-order chi connectivity index (χ0) is 17.4. The van der Waals surface area contributed by atoms with Gasteiger partial charge in [0.25, 0.3) is 0 Å². The van der Waals surface area contributed by atoms with Crippen LogP contribution in [-0.2, 0) is 4.79 Å². The van der Waals surface area contributed by atoms with Crippen molar-refractivity contribution in [1.29, 1.82) is 0 Å². The molecule has 0 spiro atoms. The van der Waals surface area contributed by atoms with Crippen molar-refractivity contribution >= 4 is 23.2 Å². The lowest BCUT2D eigenvalue weighted by atomic mass is 10.2. The molecule has 1 N–H and O–H groups in total. The van der Waals surface area contributed by atoms with Gasteiger partial charge in [-0.3, -0.25) is 4.79 Å². The van der Waals surface area contributed by atoms with Crippen molar-refractivity contribution in [2.45, 2.75) is 12.8 Å². The number of nitrogens with one attached hydrogen (secondary N) is 1. The largest absolute Gasteiger partial charge is 0.497 e. The summed E-state index contributed by atoms with van der Waals surface area (Å²) < 4.78 is 15.7. The molecule has 0 aromatic heterocycles. The minimum Gasteiger partial charge on any atom is -0.497 e. The molecule has 0 aliphatic carbocycles. The lowest BCUT2D eigenvalue weighted by Crippen LogP contribution is -2.12. The monoisotopic (exact) mass is 349 g/mol. The minimum atomic E-state index is -0.0884. The lowest BCUT2D eigenvalue weighted by molar-refractivity contribution is -0.116. The average Bonchev–Trinajstić information content (AvgIpc) is 2.59. The molecule has 2 aromatic carbocycles. The van der Waals surface area contributed by atoms with E-state index < -0.39 is 0 Å². The Hall–Kier alpha value is -2.40. The van der Waals surface area contributed by atoms with Gasteiger partial charge in [-0.1, -0.05) is 11.6 Å². The van der Waals surface area contributed by atoms with Crippen molar-refractivity contribution in [3.8, 4) is 17.2 Å². The highest BCUT2D eigenvalue weighted by atomic mass is 35.5. The zero-order valence-electron chi connectivity index (χ0n) is 13.7. The second-order valence-corrected chi connectivity index (χ2v) is 5.43. The van der Waals surface area contributed by atoms with E-state index in [2.05, 4.69) is 5.32 Å². The molecule has 0 aliphatic rings. The van der Waals surface area contributed by atoms with Crippen molar-refractivity contribution in [3.05, 3.63) is 47.5 Å². The van der Waals surface area contributed by atoms with Gasteiger partial charge in [-0.15, -0.1) is 0 Å². The summed E-state index contributed by atoms with van der Waals surface area (Å²) in [6.45, 7) is 0.461. The Morgan fingerprint density at radius 3 is 2.38 bits per heavy atom. The van der Waals surface area contributed by atoms with Gasteiger partial charge in [0, 0.05) is 12.1 Å². The number of hydrogen-bond donors (Lipinski definition) is 1. The SMILES string of the molecule is COc1ccc(OCCCC(=O)Nc2ccc(OC)c(Cl)c2)cc1. The van der Waals surface area contributed by atoms with Crippen LogP contribution in [0.15, 0.2) is 42.5 Å². The molecule has 24 heavy (non-hydrogen) atoms. The first-order chi connectivity index (χ1) is 11.6. The molecule has 5 nitrogen and oxygen atoms in total. The fraction of sp³-hybridized carbons (Fsp3) is 0.278. The van der Waals surface area contributed by atoms with Crippen LogP contribution in [0.4, 0.5) is 5.69 Å². The number of hydrogen-bond acceptors (Lipinski definition) is 4. The second-order valence-electron chi connectivity index (χ2n) is 5.03. The standard InChI is InChI=1S/C18H20ClNO4/c1-22-14-6-8-15(9-7-14)24-11-3-4-18(21)20-13-5-10-17(23-2)16(19)12-13/h5-10,12H,3-4,11H2,1-2H3,(H,20,21). The lowest BCUT2D eigenvalue weighted by Gasteiger charge is -2.09. The Kier molecular flexibility index (Phi) is 6.75. The van der Waals surface area contributed by atoms with E-state index in [1.54, 1.807) is 32.4 Å². The summed E-state index contributed by atoms with van der Waals surface area (Å²) in [4.78, 5) is 11.9. The topological polar surface area (TPSA) is 56.8 Å². The van der Waals surface area contributed by atoms with Gasteiger partial charge >= 0.3 is 0 Å². The summed E-state index contributed by atoms with van der Waals surface area (Å²) in [5.41, 5.74) is 0.641. The van der Waals surface area contributed by atoms with Crippen molar-refractivity contribution < 1.29 is 19.0 Å². The molecular weight excluding hydrogens is 330 g/mol. The van der Waals surface area contributed by atoms with Crippen LogP contribution < -0.4 is 19.5 Å². The molecule has 0 saturated heterocycles. The van der Waals surface area contributed by atoms with E-state index in [0.717, 1.165) is 11.5 Å². The first kappa shape index (κ1) is 17.9. The molecule has 1 amide bonds. The van der Waals surface area contributed by atoms with Crippen LogP contribution in [0.25, 0.3) is 0 Å². The maximum absolute atomic E-state index is 11.9. The highest BCUT2D eigenvalue weighted by Crippen LogP contribution is 2.27. The molecule has 0 saturated carbocycles. The maximum Gasteiger partial charge on any atom is 0.224 e. The highest BCUT2D eigenvalue weighted by molar-refractivity contribution is 6.32. The first-order valence-corrected chi connectivity index (χ1v) is 7.90.